The predicted molar refractivity (Wildman–Crippen MR) is 145 cm³/mol. The lowest BCUT2D eigenvalue weighted by Crippen LogP contribution is -2.40. The Kier molecular flexibility index (Phi) is 4.81. The minimum Gasteiger partial charge on any atom is -0.488 e. The fraction of sp³-hybridized carbons (Fsp3) is 0.188. The maximum absolute atomic E-state index is 13.3. The van der Waals surface area contributed by atoms with Crippen molar-refractivity contribution in [2.75, 3.05) is 16.8 Å². The van der Waals surface area contributed by atoms with Gasteiger partial charge < -0.3 is 19.6 Å². The van der Waals surface area contributed by atoms with Crippen LogP contribution in [0.15, 0.2) is 78.9 Å². The van der Waals surface area contributed by atoms with Crippen molar-refractivity contribution < 1.29 is 19.4 Å². The first kappa shape index (κ1) is 22.8. The molecule has 0 fully saturated rings. The molecule has 3 aliphatic rings. The van der Waals surface area contributed by atoms with Crippen molar-refractivity contribution in [2.24, 2.45) is 0 Å². The number of rotatable bonds is 3. The number of anilines is 2. The van der Waals surface area contributed by atoms with Gasteiger partial charge in [-0.1, -0.05) is 42.5 Å². The molecule has 3 heterocycles. The molecule has 0 radical (unpaired) electrons. The summed E-state index contributed by atoms with van der Waals surface area (Å²) in [4.78, 5) is 30.0. The highest BCUT2D eigenvalue weighted by molar-refractivity contribution is 6.11. The molecule has 6 nitrogen and oxygen atoms in total. The zero-order valence-electron chi connectivity index (χ0n) is 21.2. The Balaban J connectivity index is 1.34. The Bertz CT molecular complexity index is 1660. The molecule has 0 saturated heterocycles. The van der Waals surface area contributed by atoms with Crippen molar-refractivity contribution in [3.05, 3.63) is 112 Å². The standard InChI is InChI=1S/C32H26N2O4/c1-19-12-20(16-32(37)26-10-6-7-11-27(26)33(2)31(32)36)29-24-14-21-17-34(23-8-4-3-5-9-23)30(35)25(21)15-22(24)18-38-28(29)13-19/h3-15,37H,16-18H2,1-2H3. The number of nitrogens with zero attached hydrogens (tertiary/aromatic N) is 2. The van der Waals surface area contributed by atoms with E-state index < -0.39 is 5.60 Å². The van der Waals surface area contributed by atoms with E-state index in [1.54, 1.807) is 11.9 Å². The topological polar surface area (TPSA) is 70.1 Å². The molecule has 6 heteroatoms. The van der Waals surface area contributed by atoms with Crippen molar-refractivity contribution in [3.63, 3.8) is 0 Å². The van der Waals surface area contributed by atoms with Crippen LogP contribution in [0.1, 0.15) is 38.2 Å². The zero-order chi connectivity index (χ0) is 26.2. The van der Waals surface area contributed by atoms with Crippen LogP contribution in [0.4, 0.5) is 11.4 Å². The summed E-state index contributed by atoms with van der Waals surface area (Å²) < 4.78 is 6.19. The third-order valence-electron chi connectivity index (χ3n) is 8.00. The van der Waals surface area contributed by atoms with Gasteiger partial charge in [-0.25, -0.2) is 0 Å². The number of benzene rings is 4. The maximum atomic E-state index is 13.3. The van der Waals surface area contributed by atoms with Crippen LogP contribution in [0.5, 0.6) is 5.75 Å². The van der Waals surface area contributed by atoms with Gasteiger partial charge in [0.1, 0.15) is 12.4 Å². The number of aryl methyl sites for hydroxylation is 1. The van der Waals surface area contributed by atoms with Crippen LogP contribution in [-0.4, -0.2) is 24.0 Å². The second kappa shape index (κ2) is 8.04. The van der Waals surface area contributed by atoms with Crippen LogP contribution in [0.25, 0.3) is 11.1 Å². The summed E-state index contributed by atoms with van der Waals surface area (Å²) >= 11 is 0. The normalized spacial score (nSPS) is 19.1. The third kappa shape index (κ3) is 3.17. The van der Waals surface area contributed by atoms with E-state index in [4.69, 9.17) is 4.74 Å². The fourth-order valence-corrected chi connectivity index (χ4v) is 6.18. The Morgan fingerprint density at radius 1 is 0.921 bits per heavy atom. The van der Waals surface area contributed by atoms with Gasteiger partial charge in [-0.05, 0) is 71.1 Å². The number of carbonyl (C=O) groups is 2. The Hall–Kier alpha value is -4.42. The lowest BCUT2D eigenvalue weighted by Gasteiger charge is -2.28. The molecule has 0 spiro atoms. The van der Waals surface area contributed by atoms with Crippen molar-refractivity contribution >= 4 is 23.2 Å². The summed E-state index contributed by atoms with van der Waals surface area (Å²) in [5, 5.41) is 11.8. The molecule has 4 aromatic rings. The average Bonchev–Trinajstić information content (AvgIpc) is 3.34. The first-order chi connectivity index (χ1) is 18.3. The van der Waals surface area contributed by atoms with E-state index in [1.807, 2.05) is 79.7 Å². The molecule has 4 aromatic carbocycles. The van der Waals surface area contributed by atoms with E-state index in [9.17, 15) is 14.7 Å². The summed E-state index contributed by atoms with van der Waals surface area (Å²) in [6, 6.07) is 25.1. The molecule has 0 saturated carbocycles. The van der Waals surface area contributed by atoms with Crippen LogP contribution >= 0.6 is 0 Å². The second-order valence-electron chi connectivity index (χ2n) is 10.4. The number of hydrogen-bond acceptors (Lipinski definition) is 4. The van der Waals surface area contributed by atoms with Gasteiger partial charge in [-0.2, -0.15) is 0 Å². The van der Waals surface area contributed by atoms with Crippen LogP contribution < -0.4 is 14.5 Å². The van der Waals surface area contributed by atoms with E-state index in [1.165, 1.54) is 4.90 Å². The highest BCUT2D eigenvalue weighted by Crippen LogP contribution is 2.47. The van der Waals surface area contributed by atoms with Crippen molar-refractivity contribution in [1.29, 1.82) is 0 Å². The largest absolute Gasteiger partial charge is 0.488 e. The number of fused-ring (bicyclic) bond motifs is 5. The van der Waals surface area contributed by atoms with Crippen LogP contribution in [0.3, 0.4) is 0 Å². The van der Waals surface area contributed by atoms with E-state index >= 15 is 0 Å². The number of hydrogen-bond donors (Lipinski definition) is 1. The van der Waals surface area contributed by atoms with Gasteiger partial charge in [0.25, 0.3) is 11.8 Å². The zero-order valence-corrected chi connectivity index (χ0v) is 21.2. The molecule has 7 rings (SSSR count). The number of ether oxygens (including phenoxy) is 1. The number of aliphatic hydroxyl groups is 1. The Morgan fingerprint density at radius 2 is 1.66 bits per heavy atom. The molecule has 2 amide bonds. The molecule has 0 aromatic heterocycles. The molecular formula is C32H26N2O4. The monoisotopic (exact) mass is 502 g/mol. The van der Waals surface area contributed by atoms with Crippen molar-refractivity contribution in [2.45, 2.75) is 32.1 Å². The van der Waals surface area contributed by atoms with Crippen LogP contribution in [0, 0.1) is 6.92 Å². The molecule has 1 atom stereocenters. The van der Waals surface area contributed by atoms with Crippen LogP contribution in [0.2, 0.25) is 0 Å². The number of para-hydroxylation sites is 2. The van der Waals surface area contributed by atoms with Gasteiger partial charge in [0.05, 0.1) is 12.2 Å². The predicted octanol–water partition coefficient (Wildman–Crippen LogP) is 5.12. The highest BCUT2D eigenvalue weighted by atomic mass is 16.5. The van der Waals surface area contributed by atoms with Gasteiger partial charge in [-0.3, -0.25) is 9.59 Å². The smallest absolute Gasteiger partial charge is 0.263 e. The van der Waals surface area contributed by atoms with E-state index in [0.29, 0.717) is 24.3 Å². The molecular weight excluding hydrogens is 476 g/mol. The molecule has 1 unspecified atom stereocenters. The summed E-state index contributed by atoms with van der Waals surface area (Å²) in [5.74, 6) is 0.366. The quantitative estimate of drug-likeness (QED) is 0.422. The molecule has 188 valence electrons. The highest BCUT2D eigenvalue weighted by Gasteiger charge is 2.49. The van der Waals surface area contributed by atoms with Crippen LogP contribution in [-0.2, 0) is 30.0 Å². The summed E-state index contributed by atoms with van der Waals surface area (Å²) in [7, 11) is 1.70. The lowest BCUT2D eigenvalue weighted by molar-refractivity contribution is -0.135. The minimum absolute atomic E-state index is 0.0190. The molecule has 0 bridgehead atoms. The van der Waals surface area contributed by atoms with Crippen molar-refractivity contribution in [1.82, 2.24) is 0 Å². The first-order valence-electron chi connectivity index (χ1n) is 12.7. The van der Waals surface area contributed by atoms with E-state index in [2.05, 4.69) is 6.07 Å². The van der Waals surface area contributed by atoms with E-state index in [0.717, 1.165) is 50.5 Å². The maximum Gasteiger partial charge on any atom is 0.263 e. The third-order valence-corrected chi connectivity index (χ3v) is 8.00. The Labute approximate surface area is 220 Å². The van der Waals surface area contributed by atoms with Gasteiger partial charge in [0, 0.05) is 35.8 Å². The van der Waals surface area contributed by atoms with Gasteiger partial charge in [-0.15, -0.1) is 0 Å². The summed E-state index contributed by atoms with van der Waals surface area (Å²) in [6.07, 6.45) is 0.117. The Morgan fingerprint density at radius 3 is 2.47 bits per heavy atom. The van der Waals surface area contributed by atoms with Gasteiger partial charge >= 0.3 is 0 Å². The molecule has 1 N–H and O–H groups in total. The van der Waals surface area contributed by atoms with E-state index in [-0.39, 0.29) is 18.2 Å². The molecule has 38 heavy (non-hydrogen) atoms. The summed E-state index contributed by atoms with van der Waals surface area (Å²) in [5.41, 5.74) is 6.77. The number of amides is 2. The average molecular weight is 503 g/mol. The molecule has 3 aliphatic heterocycles. The summed E-state index contributed by atoms with van der Waals surface area (Å²) in [6.45, 7) is 2.83. The SMILES string of the molecule is Cc1cc(CC2(O)C(=O)N(C)c3ccccc32)c2c(c1)OCc1cc3c(cc1-2)CN(c1ccccc1)C3=O. The number of carbonyl (C=O) groups excluding carboxylic acids is 2. The van der Waals surface area contributed by atoms with Gasteiger partial charge in [0.2, 0.25) is 0 Å². The fourth-order valence-electron chi connectivity index (χ4n) is 6.18. The first-order valence-corrected chi connectivity index (χ1v) is 12.7. The second-order valence-corrected chi connectivity index (χ2v) is 10.4. The lowest BCUT2D eigenvalue weighted by atomic mass is 9.82. The molecule has 0 aliphatic carbocycles. The van der Waals surface area contributed by atoms with Crippen molar-refractivity contribution in [3.8, 4) is 16.9 Å². The van der Waals surface area contributed by atoms with Gasteiger partial charge in [0.15, 0.2) is 5.60 Å². The number of likely N-dealkylation sites (N-methyl/N-ethyl adjacent to an activating group) is 1. The minimum atomic E-state index is -1.68.